The fraction of sp³-hybridized carbons (Fsp3) is 0.154. The van der Waals surface area contributed by atoms with E-state index in [9.17, 15) is 9.59 Å². The smallest absolute Gasteiger partial charge is 0.407 e. The molecule has 3 aromatic carbocycles. The minimum Gasteiger partial charge on any atom is -0.449 e. The monoisotopic (exact) mass is 444 g/mol. The van der Waals surface area contributed by atoms with Gasteiger partial charge in [0.05, 0.1) is 0 Å². The zero-order chi connectivity index (χ0) is 22.1. The van der Waals surface area contributed by atoms with Crippen LogP contribution in [0.5, 0.6) is 0 Å². The number of alkyl carbamates (subject to hydrolysis) is 1. The van der Waals surface area contributed by atoms with Gasteiger partial charge in [0.15, 0.2) is 0 Å². The average Bonchev–Trinajstić information content (AvgIpc) is 3.36. The van der Waals surface area contributed by atoms with Crippen LogP contribution in [0.15, 0.2) is 79.0 Å². The van der Waals surface area contributed by atoms with Crippen LogP contribution in [0.4, 0.5) is 4.79 Å². The Bertz CT molecular complexity index is 1270. The molecule has 0 radical (unpaired) electrons. The molecule has 4 aromatic rings. The number of fused-ring (bicyclic) bond motifs is 4. The summed E-state index contributed by atoms with van der Waals surface area (Å²) in [6.07, 6.45) is 1.44. The largest absolute Gasteiger partial charge is 0.449 e. The first-order valence-electron chi connectivity index (χ1n) is 10.5. The van der Waals surface area contributed by atoms with Crippen LogP contribution in [0.2, 0.25) is 0 Å². The molecule has 5 nitrogen and oxygen atoms in total. The van der Waals surface area contributed by atoms with E-state index in [0.717, 1.165) is 38.7 Å². The molecular weight excluding hydrogens is 424 g/mol. The van der Waals surface area contributed by atoms with Crippen molar-refractivity contribution in [3.05, 3.63) is 95.7 Å². The maximum atomic E-state index is 12.6. The molecule has 160 valence electrons. The third-order valence-electron chi connectivity index (χ3n) is 6.01. The van der Waals surface area contributed by atoms with Crippen LogP contribution in [0.25, 0.3) is 22.0 Å². The van der Waals surface area contributed by atoms with E-state index in [1.165, 1.54) is 0 Å². The van der Waals surface area contributed by atoms with Gasteiger partial charge in [-0.1, -0.05) is 66.7 Å². The fourth-order valence-corrected chi connectivity index (χ4v) is 4.62. The van der Waals surface area contributed by atoms with Gasteiger partial charge in [-0.05, 0) is 45.5 Å². The van der Waals surface area contributed by atoms with Crippen molar-refractivity contribution in [1.29, 1.82) is 0 Å². The molecule has 1 amide bonds. The summed E-state index contributed by atoms with van der Waals surface area (Å²) in [5.41, 5.74) is 6.44. The Balaban J connectivity index is 1.28. The molecule has 1 aromatic heterocycles. The van der Waals surface area contributed by atoms with Crippen LogP contribution in [-0.4, -0.2) is 29.0 Å². The van der Waals surface area contributed by atoms with Gasteiger partial charge in [0.2, 0.25) is 5.24 Å². The van der Waals surface area contributed by atoms with Crippen molar-refractivity contribution >= 4 is 33.8 Å². The molecule has 0 saturated carbocycles. The summed E-state index contributed by atoms with van der Waals surface area (Å²) in [7, 11) is 0. The molecule has 5 rings (SSSR count). The summed E-state index contributed by atoms with van der Waals surface area (Å²) >= 11 is 5.80. The summed E-state index contributed by atoms with van der Waals surface area (Å²) in [5, 5.41) is 2.99. The van der Waals surface area contributed by atoms with Crippen LogP contribution in [-0.2, 0) is 16.0 Å². The molecule has 1 atom stereocenters. The number of aromatic amines is 1. The van der Waals surface area contributed by atoms with Crippen LogP contribution in [0.3, 0.4) is 0 Å². The summed E-state index contributed by atoms with van der Waals surface area (Å²) in [5.74, 6) is -0.0491. The predicted octanol–water partition coefficient (Wildman–Crippen LogP) is 5.38. The number of hydrogen-bond donors (Lipinski definition) is 2. The highest BCUT2D eigenvalue weighted by Gasteiger charge is 2.29. The molecule has 0 spiro atoms. The predicted molar refractivity (Wildman–Crippen MR) is 125 cm³/mol. The van der Waals surface area contributed by atoms with Crippen LogP contribution in [0, 0.1) is 0 Å². The Morgan fingerprint density at radius 3 is 2.25 bits per heavy atom. The average molecular weight is 445 g/mol. The number of hydrogen-bond acceptors (Lipinski definition) is 3. The normalized spacial score (nSPS) is 13.4. The highest BCUT2D eigenvalue weighted by atomic mass is 35.5. The van der Waals surface area contributed by atoms with E-state index >= 15 is 0 Å². The highest BCUT2D eigenvalue weighted by molar-refractivity contribution is 6.64. The van der Waals surface area contributed by atoms with Gasteiger partial charge in [-0.3, -0.25) is 4.79 Å². The molecule has 0 saturated heterocycles. The molecule has 2 N–H and O–H groups in total. The number of nitrogens with one attached hydrogen (secondary N) is 2. The maximum Gasteiger partial charge on any atom is 0.407 e. The third-order valence-corrected chi connectivity index (χ3v) is 6.27. The number of halogens is 1. The van der Waals surface area contributed by atoms with Gasteiger partial charge in [0, 0.05) is 29.4 Å². The molecular formula is C26H21ClN2O3. The summed E-state index contributed by atoms with van der Waals surface area (Å²) in [6.45, 7) is 0.177. The van der Waals surface area contributed by atoms with E-state index in [2.05, 4.69) is 34.6 Å². The van der Waals surface area contributed by atoms with Crippen molar-refractivity contribution in [3.63, 3.8) is 0 Å². The van der Waals surface area contributed by atoms with E-state index < -0.39 is 17.4 Å². The first-order valence-corrected chi connectivity index (χ1v) is 10.9. The number of para-hydroxylation sites is 1. The Morgan fingerprint density at radius 2 is 1.56 bits per heavy atom. The van der Waals surface area contributed by atoms with Gasteiger partial charge in [-0.2, -0.15) is 0 Å². The van der Waals surface area contributed by atoms with Crippen LogP contribution < -0.4 is 5.32 Å². The molecule has 0 bridgehead atoms. The second-order valence-corrected chi connectivity index (χ2v) is 8.26. The quantitative estimate of drug-likeness (QED) is 0.392. The molecule has 0 aliphatic heterocycles. The minimum absolute atomic E-state index is 0.0491. The summed E-state index contributed by atoms with van der Waals surface area (Å²) in [4.78, 5) is 27.8. The lowest BCUT2D eigenvalue weighted by Crippen LogP contribution is -2.41. The number of benzene rings is 3. The van der Waals surface area contributed by atoms with E-state index in [1.54, 1.807) is 0 Å². The van der Waals surface area contributed by atoms with E-state index in [4.69, 9.17) is 16.3 Å². The van der Waals surface area contributed by atoms with E-state index in [0.29, 0.717) is 0 Å². The van der Waals surface area contributed by atoms with Gasteiger partial charge in [0.1, 0.15) is 12.6 Å². The Labute approximate surface area is 190 Å². The second-order valence-electron chi connectivity index (χ2n) is 7.89. The van der Waals surface area contributed by atoms with Gasteiger partial charge < -0.3 is 15.0 Å². The van der Waals surface area contributed by atoms with Crippen molar-refractivity contribution in [3.8, 4) is 11.1 Å². The second kappa shape index (κ2) is 8.52. The lowest BCUT2D eigenvalue weighted by atomic mass is 9.98. The molecule has 32 heavy (non-hydrogen) atoms. The van der Waals surface area contributed by atoms with Crippen LogP contribution >= 0.6 is 11.6 Å². The molecule has 0 fully saturated rings. The van der Waals surface area contributed by atoms with Crippen molar-refractivity contribution in [2.75, 3.05) is 6.61 Å². The van der Waals surface area contributed by atoms with Crippen molar-refractivity contribution in [2.24, 2.45) is 0 Å². The number of H-pyrrole nitrogens is 1. The molecule has 1 aliphatic rings. The Hall–Kier alpha value is -3.57. The van der Waals surface area contributed by atoms with Crippen LogP contribution in [0.1, 0.15) is 22.6 Å². The summed E-state index contributed by atoms with van der Waals surface area (Å²) in [6, 6.07) is 23.2. The zero-order valence-corrected chi connectivity index (χ0v) is 17.9. The van der Waals surface area contributed by atoms with Crippen molar-refractivity contribution in [1.82, 2.24) is 10.3 Å². The standard InChI is InChI=1S/C26H21ClN2O3/c27-25(30)24(13-16-14-28-23-12-6-5-7-17(16)23)29-26(31)32-15-22-20-10-3-1-8-18(20)19-9-2-4-11-21(19)22/h1-12,14,22,24,28H,13,15H2,(H,29,31)/t24-/m0/s1. The van der Waals surface area contributed by atoms with E-state index in [1.807, 2.05) is 54.7 Å². The topological polar surface area (TPSA) is 71.2 Å². The van der Waals surface area contributed by atoms with Gasteiger partial charge in [0.25, 0.3) is 0 Å². The number of amides is 1. The fourth-order valence-electron chi connectivity index (χ4n) is 4.49. The number of aromatic nitrogens is 1. The Kier molecular flexibility index (Phi) is 5.41. The first-order chi connectivity index (χ1) is 15.6. The SMILES string of the molecule is O=C(N[C@@H](Cc1c[nH]c2ccccc12)C(=O)Cl)OCC1c2ccccc2-c2ccccc21. The van der Waals surface area contributed by atoms with Gasteiger partial charge in [-0.15, -0.1) is 0 Å². The number of carbonyl (C=O) groups excluding carboxylic acids is 2. The molecule has 6 heteroatoms. The first kappa shape index (κ1) is 20.3. The minimum atomic E-state index is -0.883. The van der Waals surface area contributed by atoms with Gasteiger partial charge >= 0.3 is 6.09 Å². The highest BCUT2D eigenvalue weighted by Crippen LogP contribution is 2.44. The van der Waals surface area contributed by atoms with Crippen molar-refractivity contribution < 1.29 is 14.3 Å². The maximum absolute atomic E-state index is 12.6. The van der Waals surface area contributed by atoms with E-state index in [-0.39, 0.29) is 18.9 Å². The zero-order valence-electron chi connectivity index (χ0n) is 17.2. The number of ether oxygens (including phenoxy) is 1. The number of rotatable bonds is 6. The third kappa shape index (κ3) is 3.76. The lowest BCUT2D eigenvalue weighted by Gasteiger charge is -2.17. The lowest BCUT2D eigenvalue weighted by molar-refractivity contribution is -0.113. The molecule has 0 unspecified atom stereocenters. The molecule has 1 aliphatic carbocycles. The molecule has 1 heterocycles. The Morgan fingerprint density at radius 1 is 0.938 bits per heavy atom. The van der Waals surface area contributed by atoms with Crippen molar-refractivity contribution in [2.45, 2.75) is 18.4 Å². The number of carbonyl (C=O) groups is 2. The van der Waals surface area contributed by atoms with Gasteiger partial charge in [-0.25, -0.2) is 4.79 Å². The summed E-state index contributed by atoms with van der Waals surface area (Å²) < 4.78 is 5.56.